The van der Waals surface area contributed by atoms with E-state index in [0.717, 1.165) is 44.4 Å². The average molecular weight is 414 g/mol. The van der Waals surface area contributed by atoms with Crippen LogP contribution in [0.25, 0.3) is 0 Å². The Morgan fingerprint density at radius 2 is 1.83 bits per heavy atom. The zero-order valence-corrected chi connectivity index (χ0v) is 18.5. The zero-order chi connectivity index (χ0) is 20.9. The summed E-state index contributed by atoms with van der Waals surface area (Å²) in [5.41, 5.74) is 2.37. The highest BCUT2D eigenvalue weighted by Gasteiger charge is 2.43. The monoisotopic (exact) mass is 413 g/mol. The molecular weight excluding hydrogens is 382 g/mol. The number of halogens is 1. The molecule has 1 saturated heterocycles. The van der Waals surface area contributed by atoms with E-state index in [1.165, 1.54) is 5.56 Å². The highest BCUT2D eigenvalue weighted by Crippen LogP contribution is 2.45. The van der Waals surface area contributed by atoms with Crippen LogP contribution in [-0.4, -0.2) is 29.6 Å². The molecule has 0 N–H and O–H groups in total. The smallest absolute Gasteiger partial charge is 0.219 e. The van der Waals surface area contributed by atoms with E-state index in [1.54, 1.807) is 6.92 Å². The molecule has 3 rings (SSSR count). The van der Waals surface area contributed by atoms with Crippen LogP contribution in [0.4, 0.5) is 0 Å². The van der Waals surface area contributed by atoms with Crippen LogP contribution >= 0.6 is 11.6 Å². The molecule has 1 fully saturated rings. The summed E-state index contributed by atoms with van der Waals surface area (Å²) >= 11 is 6.01. The summed E-state index contributed by atoms with van der Waals surface area (Å²) in [5.74, 6) is 0.105. The minimum absolute atomic E-state index is 0.0258. The maximum Gasteiger partial charge on any atom is 0.219 e. The number of rotatable bonds is 7. The molecule has 0 aliphatic carbocycles. The molecule has 2 aromatic rings. The Morgan fingerprint density at radius 3 is 2.45 bits per heavy atom. The van der Waals surface area contributed by atoms with Gasteiger partial charge in [-0.3, -0.25) is 4.79 Å². The Labute approximate surface area is 180 Å². The van der Waals surface area contributed by atoms with E-state index in [2.05, 4.69) is 44.2 Å². The van der Waals surface area contributed by atoms with Crippen LogP contribution in [0.3, 0.4) is 0 Å². The van der Waals surface area contributed by atoms with Crippen LogP contribution in [-0.2, 0) is 21.5 Å². The van der Waals surface area contributed by atoms with Gasteiger partial charge in [0, 0.05) is 37.1 Å². The zero-order valence-electron chi connectivity index (χ0n) is 17.8. The van der Waals surface area contributed by atoms with Crippen molar-refractivity contribution in [2.24, 2.45) is 0 Å². The van der Waals surface area contributed by atoms with Crippen LogP contribution in [0, 0.1) is 0 Å². The van der Waals surface area contributed by atoms with Crippen molar-refractivity contribution < 1.29 is 9.53 Å². The molecule has 156 valence electrons. The molecule has 1 heterocycles. The largest absolute Gasteiger partial charge is 0.375 e. The topological polar surface area (TPSA) is 29.5 Å². The molecule has 0 spiro atoms. The number of nitrogens with zero attached hydrogens (tertiary/aromatic N) is 1. The van der Waals surface area contributed by atoms with Crippen molar-refractivity contribution in [3.63, 3.8) is 0 Å². The van der Waals surface area contributed by atoms with Gasteiger partial charge in [0.2, 0.25) is 5.91 Å². The van der Waals surface area contributed by atoms with Crippen molar-refractivity contribution in [2.45, 2.75) is 64.0 Å². The minimum Gasteiger partial charge on any atom is -0.375 e. The van der Waals surface area contributed by atoms with Crippen LogP contribution < -0.4 is 0 Å². The Hall–Kier alpha value is -1.84. The lowest BCUT2D eigenvalue weighted by atomic mass is 9.66. The van der Waals surface area contributed by atoms with Crippen molar-refractivity contribution in [3.05, 3.63) is 70.7 Å². The second kappa shape index (κ2) is 9.32. The lowest BCUT2D eigenvalue weighted by molar-refractivity contribution is -0.130. The number of benzene rings is 2. The second-order valence-corrected chi connectivity index (χ2v) is 8.98. The first kappa shape index (κ1) is 21.9. The van der Waals surface area contributed by atoms with Gasteiger partial charge in [0.25, 0.3) is 0 Å². The molecule has 29 heavy (non-hydrogen) atoms. The van der Waals surface area contributed by atoms with E-state index < -0.39 is 0 Å². The number of carbonyl (C=O) groups is 1. The number of amides is 1. The lowest BCUT2D eigenvalue weighted by Gasteiger charge is -2.47. The van der Waals surface area contributed by atoms with Crippen LogP contribution in [0.15, 0.2) is 54.6 Å². The minimum atomic E-state index is -0.120. The fraction of sp³-hybridized carbons (Fsp3) is 0.480. The van der Waals surface area contributed by atoms with Gasteiger partial charge < -0.3 is 9.64 Å². The maximum absolute atomic E-state index is 12.4. The Kier molecular flexibility index (Phi) is 7.02. The van der Waals surface area contributed by atoms with Gasteiger partial charge in [-0.25, -0.2) is 0 Å². The number of ether oxygens (including phenoxy) is 1. The molecule has 4 heteroatoms. The first-order valence-electron chi connectivity index (χ1n) is 10.6. The third-order valence-corrected chi connectivity index (χ3v) is 6.72. The molecular formula is C25H32ClNO2. The first-order chi connectivity index (χ1) is 13.9. The summed E-state index contributed by atoms with van der Waals surface area (Å²) in [7, 11) is 0. The maximum atomic E-state index is 12.4. The third kappa shape index (κ3) is 5.40. The summed E-state index contributed by atoms with van der Waals surface area (Å²) in [6, 6.07) is 18.5. The Morgan fingerprint density at radius 1 is 1.14 bits per heavy atom. The van der Waals surface area contributed by atoms with Gasteiger partial charge in [-0.15, -0.1) is 0 Å². The van der Waals surface area contributed by atoms with E-state index in [9.17, 15) is 4.79 Å². The van der Waals surface area contributed by atoms with Gasteiger partial charge in [-0.2, -0.15) is 0 Å². The molecule has 1 amide bonds. The fourth-order valence-corrected chi connectivity index (χ4v) is 4.60. The Balaban J connectivity index is 1.81. The van der Waals surface area contributed by atoms with Crippen molar-refractivity contribution in [1.82, 2.24) is 4.90 Å². The van der Waals surface area contributed by atoms with E-state index in [-0.39, 0.29) is 16.9 Å². The Bertz CT molecular complexity index is 807. The third-order valence-electron chi connectivity index (χ3n) is 6.47. The average Bonchev–Trinajstić information content (AvgIpc) is 2.73. The van der Waals surface area contributed by atoms with Crippen LogP contribution in [0.2, 0.25) is 5.02 Å². The molecule has 2 atom stereocenters. The van der Waals surface area contributed by atoms with Crippen molar-refractivity contribution in [1.29, 1.82) is 0 Å². The van der Waals surface area contributed by atoms with Crippen molar-refractivity contribution in [3.8, 4) is 0 Å². The normalized spacial score (nSPS) is 24.3. The van der Waals surface area contributed by atoms with Gasteiger partial charge >= 0.3 is 0 Å². The predicted octanol–water partition coefficient (Wildman–Crippen LogP) is 6.00. The first-order valence-corrected chi connectivity index (χ1v) is 10.9. The van der Waals surface area contributed by atoms with Gasteiger partial charge in [-0.05, 0) is 55.9 Å². The van der Waals surface area contributed by atoms with Gasteiger partial charge in [0.1, 0.15) is 0 Å². The molecule has 1 aliphatic rings. The van der Waals surface area contributed by atoms with Crippen LogP contribution in [0.1, 0.15) is 57.6 Å². The number of carbonyl (C=O) groups excluding carboxylic acids is 1. The predicted molar refractivity (Wildman–Crippen MR) is 119 cm³/mol. The molecule has 0 bridgehead atoms. The number of hydrogen-bond donors (Lipinski definition) is 0. The summed E-state index contributed by atoms with van der Waals surface area (Å²) in [6.45, 7) is 8.18. The SMILES string of the molecule is CC[C@]1(C)C[C@](CCN(Cc2ccc(Cl)cc2)C(C)=O)(c2ccccc2)CCO1. The summed E-state index contributed by atoms with van der Waals surface area (Å²) in [4.78, 5) is 14.3. The summed E-state index contributed by atoms with van der Waals surface area (Å²) in [5, 5.41) is 0.715. The molecule has 2 aromatic carbocycles. The highest BCUT2D eigenvalue weighted by molar-refractivity contribution is 6.30. The summed E-state index contributed by atoms with van der Waals surface area (Å²) in [6.07, 6.45) is 3.89. The molecule has 1 aliphatic heterocycles. The van der Waals surface area contributed by atoms with E-state index in [0.29, 0.717) is 11.6 Å². The standard InChI is InChI=1S/C25H32ClNO2/c1-4-24(3)19-25(15-17-29-24,22-8-6-5-7-9-22)14-16-27(20(2)28)18-21-10-12-23(26)13-11-21/h5-13H,4,14-19H2,1-3H3/t24-,25-/m1/s1. The molecule has 0 saturated carbocycles. The second-order valence-electron chi connectivity index (χ2n) is 8.54. The van der Waals surface area contributed by atoms with E-state index in [1.807, 2.05) is 29.2 Å². The van der Waals surface area contributed by atoms with Gasteiger partial charge in [0.05, 0.1) is 5.60 Å². The lowest BCUT2D eigenvalue weighted by Crippen LogP contribution is -2.47. The van der Waals surface area contributed by atoms with Crippen molar-refractivity contribution >= 4 is 17.5 Å². The number of hydrogen-bond acceptors (Lipinski definition) is 2. The van der Waals surface area contributed by atoms with Crippen molar-refractivity contribution in [2.75, 3.05) is 13.2 Å². The molecule has 0 radical (unpaired) electrons. The molecule has 3 nitrogen and oxygen atoms in total. The van der Waals surface area contributed by atoms with Crippen LogP contribution in [0.5, 0.6) is 0 Å². The summed E-state index contributed by atoms with van der Waals surface area (Å²) < 4.78 is 6.16. The molecule has 0 unspecified atom stereocenters. The fourth-order valence-electron chi connectivity index (χ4n) is 4.48. The van der Waals surface area contributed by atoms with Gasteiger partial charge in [-0.1, -0.05) is 61.0 Å². The van der Waals surface area contributed by atoms with E-state index >= 15 is 0 Å². The van der Waals surface area contributed by atoms with Gasteiger partial charge in [0.15, 0.2) is 0 Å². The molecule has 0 aromatic heterocycles. The quantitative estimate of drug-likeness (QED) is 0.557. The van der Waals surface area contributed by atoms with E-state index in [4.69, 9.17) is 16.3 Å². The highest BCUT2D eigenvalue weighted by atomic mass is 35.5.